The van der Waals surface area contributed by atoms with E-state index in [1.807, 2.05) is 4.90 Å². The summed E-state index contributed by atoms with van der Waals surface area (Å²) in [5.41, 5.74) is 5.85. The van der Waals surface area contributed by atoms with E-state index in [9.17, 15) is 9.59 Å². The van der Waals surface area contributed by atoms with Gasteiger partial charge in [-0.3, -0.25) is 9.59 Å². The van der Waals surface area contributed by atoms with Crippen molar-refractivity contribution in [1.82, 2.24) is 10.2 Å². The molecule has 22 heavy (non-hydrogen) atoms. The number of rotatable bonds is 4. The third kappa shape index (κ3) is 5.76. The van der Waals surface area contributed by atoms with Gasteiger partial charge in [-0.25, -0.2) is 0 Å². The molecule has 0 aromatic rings. The van der Waals surface area contributed by atoms with Crippen LogP contribution in [0.4, 0.5) is 0 Å². The number of halogens is 1. The monoisotopic (exact) mass is 331 g/mol. The number of likely N-dealkylation sites (tertiary alicyclic amines) is 1. The molecule has 0 aromatic heterocycles. The summed E-state index contributed by atoms with van der Waals surface area (Å²) in [6.45, 7) is 3.21. The van der Waals surface area contributed by atoms with Crippen LogP contribution in [0.3, 0.4) is 0 Å². The number of amides is 2. The molecule has 0 aromatic carbocycles. The smallest absolute Gasteiger partial charge is 0.244 e. The highest BCUT2D eigenvalue weighted by atomic mass is 35.5. The van der Waals surface area contributed by atoms with E-state index in [1.54, 1.807) is 6.92 Å². The lowest BCUT2D eigenvalue weighted by atomic mass is 9.87. The van der Waals surface area contributed by atoms with E-state index in [0.29, 0.717) is 25.4 Å². The molecule has 0 spiro atoms. The lowest BCUT2D eigenvalue weighted by Crippen LogP contribution is -2.51. The first-order chi connectivity index (χ1) is 10.1. The van der Waals surface area contributed by atoms with Gasteiger partial charge in [-0.2, -0.15) is 0 Å². The van der Waals surface area contributed by atoms with Crippen LogP contribution in [0.5, 0.6) is 0 Å². The topological polar surface area (TPSA) is 75.4 Å². The van der Waals surface area contributed by atoms with Gasteiger partial charge in [-0.1, -0.05) is 19.3 Å². The van der Waals surface area contributed by atoms with Gasteiger partial charge in [0.15, 0.2) is 0 Å². The maximum atomic E-state index is 12.3. The predicted octanol–water partition coefficient (Wildman–Crippen LogP) is 1.83. The summed E-state index contributed by atoms with van der Waals surface area (Å²) < 4.78 is 0. The molecule has 2 amide bonds. The maximum Gasteiger partial charge on any atom is 0.244 e. The van der Waals surface area contributed by atoms with Crippen LogP contribution in [-0.4, -0.2) is 41.9 Å². The molecule has 1 heterocycles. The van der Waals surface area contributed by atoms with Crippen molar-refractivity contribution in [3.05, 3.63) is 0 Å². The van der Waals surface area contributed by atoms with Gasteiger partial charge < -0.3 is 16.0 Å². The van der Waals surface area contributed by atoms with E-state index >= 15 is 0 Å². The second kappa shape index (κ2) is 9.36. The zero-order valence-electron chi connectivity index (χ0n) is 13.6. The van der Waals surface area contributed by atoms with Crippen LogP contribution in [0.2, 0.25) is 0 Å². The number of nitrogens with two attached hydrogens (primary N) is 1. The minimum absolute atomic E-state index is 0. The van der Waals surface area contributed by atoms with E-state index < -0.39 is 6.04 Å². The van der Waals surface area contributed by atoms with E-state index in [2.05, 4.69) is 5.32 Å². The molecule has 3 N–H and O–H groups in total. The van der Waals surface area contributed by atoms with Crippen molar-refractivity contribution in [1.29, 1.82) is 0 Å². The second-order valence-corrected chi connectivity index (χ2v) is 6.66. The van der Waals surface area contributed by atoms with E-state index in [1.165, 1.54) is 19.3 Å². The number of hydrogen-bond acceptors (Lipinski definition) is 3. The number of nitrogens with one attached hydrogen (secondary N) is 1. The number of carbonyl (C=O) groups excluding carboxylic acids is 2. The Morgan fingerprint density at radius 3 is 2.32 bits per heavy atom. The van der Waals surface area contributed by atoms with Crippen LogP contribution in [0, 0.1) is 5.92 Å². The van der Waals surface area contributed by atoms with Crippen LogP contribution in [-0.2, 0) is 9.59 Å². The SMILES string of the molecule is CC(NC(=O)CC1CCCCC1)C(=O)N1CCC(N)CC1.Cl. The summed E-state index contributed by atoms with van der Waals surface area (Å²) >= 11 is 0. The van der Waals surface area contributed by atoms with Gasteiger partial charge in [-0.15, -0.1) is 12.4 Å². The van der Waals surface area contributed by atoms with Crippen LogP contribution >= 0.6 is 12.4 Å². The zero-order chi connectivity index (χ0) is 15.2. The third-order valence-electron chi connectivity index (χ3n) is 4.80. The average Bonchev–Trinajstić information content (AvgIpc) is 2.48. The Morgan fingerprint density at radius 1 is 1.14 bits per heavy atom. The van der Waals surface area contributed by atoms with Crippen molar-refractivity contribution in [2.45, 2.75) is 70.4 Å². The zero-order valence-corrected chi connectivity index (χ0v) is 14.4. The summed E-state index contributed by atoms with van der Waals surface area (Å²) in [5.74, 6) is 0.560. The number of carbonyl (C=O) groups is 2. The normalized spacial score (nSPS) is 21.8. The third-order valence-corrected chi connectivity index (χ3v) is 4.80. The fraction of sp³-hybridized carbons (Fsp3) is 0.875. The minimum Gasteiger partial charge on any atom is -0.345 e. The molecule has 0 radical (unpaired) electrons. The Kier molecular flexibility index (Phi) is 8.18. The summed E-state index contributed by atoms with van der Waals surface area (Å²) in [5, 5.41) is 2.87. The first-order valence-corrected chi connectivity index (χ1v) is 8.40. The van der Waals surface area contributed by atoms with Crippen molar-refractivity contribution in [2.75, 3.05) is 13.1 Å². The Labute approximate surface area is 139 Å². The summed E-state index contributed by atoms with van der Waals surface area (Å²) in [7, 11) is 0. The highest BCUT2D eigenvalue weighted by molar-refractivity contribution is 5.87. The standard InChI is InChI=1S/C16H29N3O2.ClH/c1-12(16(21)19-9-7-14(17)8-10-19)18-15(20)11-13-5-3-2-4-6-13;/h12-14H,2-11,17H2,1H3,(H,18,20);1H. The summed E-state index contributed by atoms with van der Waals surface area (Å²) in [6.07, 6.45) is 8.36. The van der Waals surface area contributed by atoms with Crippen molar-refractivity contribution in [3.63, 3.8) is 0 Å². The quantitative estimate of drug-likeness (QED) is 0.825. The maximum absolute atomic E-state index is 12.3. The first-order valence-electron chi connectivity index (χ1n) is 8.40. The van der Waals surface area contributed by atoms with Gasteiger partial charge in [0, 0.05) is 25.6 Å². The molecule has 2 aliphatic rings. The fourth-order valence-electron chi connectivity index (χ4n) is 3.41. The van der Waals surface area contributed by atoms with Crippen LogP contribution in [0.15, 0.2) is 0 Å². The van der Waals surface area contributed by atoms with Crippen LogP contribution < -0.4 is 11.1 Å². The molecule has 1 saturated heterocycles. The second-order valence-electron chi connectivity index (χ2n) is 6.66. The fourth-order valence-corrected chi connectivity index (χ4v) is 3.41. The molecule has 128 valence electrons. The minimum atomic E-state index is -0.421. The van der Waals surface area contributed by atoms with Crippen LogP contribution in [0.1, 0.15) is 58.3 Å². The van der Waals surface area contributed by atoms with Crippen LogP contribution in [0.25, 0.3) is 0 Å². The molecule has 0 bridgehead atoms. The Morgan fingerprint density at radius 2 is 1.73 bits per heavy atom. The predicted molar refractivity (Wildman–Crippen MR) is 89.8 cm³/mol. The lowest BCUT2D eigenvalue weighted by Gasteiger charge is -2.32. The molecule has 1 atom stereocenters. The van der Waals surface area contributed by atoms with Gasteiger partial charge in [0.05, 0.1) is 0 Å². The molecule has 1 saturated carbocycles. The van der Waals surface area contributed by atoms with Crippen molar-refractivity contribution in [2.24, 2.45) is 11.7 Å². The Bertz CT molecular complexity index is 364. The van der Waals surface area contributed by atoms with Gasteiger partial charge in [-0.05, 0) is 38.5 Å². The van der Waals surface area contributed by atoms with E-state index in [0.717, 1.165) is 25.7 Å². The van der Waals surface area contributed by atoms with Gasteiger partial charge >= 0.3 is 0 Å². The molecular weight excluding hydrogens is 302 g/mol. The molecular formula is C16H30ClN3O2. The molecule has 1 aliphatic heterocycles. The van der Waals surface area contributed by atoms with E-state index in [4.69, 9.17) is 5.73 Å². The highest BCUT2D eigenvalue weighted by Crippen LogP contribution is 2.26. The number of piperidine rings is 1. The van der Waals surface area contributed by atoms with Gasteiger partial charge in [0.1, 0.15) is 6.04 Å². The Balaban J connectivity index is 0.00000242. The van der Waals surface area contributed by atoms with Crippen molar-refractivity contribution >= 4 is 24.2 Å². The highest BCUT2D eigenvalue weighted by Gasteiger charge is 2.26. The van der Waals surface area contributed by atoms with Gasteiger partial charge in [0.25, 0.3) is 0 Å². The largest absolute Gasteiger partial charge is 0.345 e. The van der Waals surface area contributed by atoms with E-state index in [-0.39, 0.29) is 30.3 Å². The van der Waals surface area contributed by atoms with Gasteiger partial charge in [0.2, 0.25) is 11.8 Å². The van der Waals surface area contributed by atoms with Crippen molar-refractivity contribution < 1.29 is 9.59 Å². The Hall–Kier alpha value is -0.810. The molecule has 2 rings (SSSR count). The van der Waals surface area contributed by atoms with Crippen molar-refractivity contribution in [3.8, 4) is 0 Å². The molecule has 2 fully saturated rings. The molecule has 1 aliphatic carbocycles. The average molecular weight is 332 g/mol. The number of hydrogen-bond donors (Lipinski definition) is 2. The lowest BCUT2D eigenvalue weighted by molar-refractivity contribution is -0.137. The molecule has 6 heteroatoms. The summed E-state index contributed by atoms with van der Waals surface area (Å²) in [6, 6.07) is -0.208. The number of nitrogens with zero attached hydrogens (tertiary/aromatic N) is 1. The first kappa shape index (κ1) is 19.2. The molecule has 1 unspecified atom stereocenters. The molecule has 5 nitrogen and oxygen atoms in total. The summed E-state index contributed by atoms with van der Waals surface area (Å²) in [4.78, 5) is 26.2.